The smallest absolute Gasteiger partial charge is 0.225 e. The largest absolute Gasteiger partial charge is 0.342 e. The van der Waals surface area contributed by atoms with Gasteiger partial charge in [0.25, 0.3) is 0 Å². The molecule has 1 aliphatic rings. The van der Waals surface area contributed by atoms with Crippen LogP contribution in [0, 0.1) is 0 Å². The van der Waals surface area contributed by atoms with Crippen LogP contribution in [-0.2, 0) is 0 Å². The van der Waals surface area contributed by atoms with Crippen LogP contribution in [0.3, 0.4) is 0 Å². The van der Waals surface area contributed by atoms with Crippen LogP contribution < -0.4 is 10.6 Å². The Labute approximate surface area is 115 Å². The summed E-state index contributed by atoms with van der Waals surface area (Å²) in [7, 11) is 4.14. The molecule has 1 aliphatic heterocycles. The van der Waals surface area contributed by atoms with Crippen LogP contribution in [0.25, 0.3) is 0 Å². The number of likely N-dealkylation sites (N-methyl/N-ethyl adjacent to an activating group) is 2. The quantitative estimate of drug-likeness (QED) is 0.880. The summed E-state index contributed by atoms with van der Waals surface area (Å²) >= 11 is 0. The maximum Gasteiger partial charge on any atom is 0.225 e. The molecule has 1 atom stereocenters. The first kappa shape index (κ1) is 14.2. The lowest BCUT2D eigenvalue weighted by atomic mass is 10.0. The maximum atomic E-state index is 6.02. The first-order valence-corrected chi connectivity index (χ1v) is 6.86. The van der Waals surface area contributed by atoms with E-state index in [0.717, 1.165) is 25.6 Å². The third-order valence-electron chi connectivity index (χ3n) is 3.51. The highest BCUT2D eigenvalue weighted by atomic mass is 15.2. The van der Waals surface area contributed by atoms with E-state index < -0.39 is 0 Å². The van der Waals surface area contributed by atoms with E-state index in [1.54, 1.807) is 0 Å². The van der Waals surface area contributed by atoms with Gasteiger partial charge < -0.3 is 15.5 Å². The van der Waals surface area contributed by atoms with Gasteiger partial charge in [-0.15, -0.1) is 0 Å². The molecule has 0 radical (unpaired) electrons. The van der Waals surface area contributed by atoms with E-state index >= 15 is 0 Å². The summed E-state index contributed by atoms with van der Waals surface area (Å²) in [4.78, 5) is 13.3. The van der Waals surface area contributed by atoms with E-state index in [1.807, 2.05) is 38.2 Å². The van der Waals surface area contributed by atoms with Gasteiger partial charge in [0.1, 0.15) is 0 Å². The second kappa shape index (κ2) is 5.43. The Balaban J connectivity index is 2.02. The van der Waals surface area contributed by atoms with Gasteiger partial charge >= 0.3 is 0 Å². The van der Waals surface area contributed by atoms with Crippen LogP contribution in [0.1, 0.15) is 31.7 Å². The Morgan fingerprint density at radius 3 is 2.53 bits per heavy atom. The van der Waals surface area contributed by atoms with Gasteiger partial charge in [-0.05, 0) is 39.4 Å². The lowest BCUT2D eigenvalue weighted by Crippen LogP contribution is -2.44. The van der Waals surface area contributed by atoms with Gasteiger partial charge in [-0.1, -0.05) is 0 Å². The molecule has 1 unspecified atom stereocenters. The van der Waals surface area contributed by atoms with Crippen molar-refractivity contribution < 1.29 is 0 Å². The summed E-state index contributed by atoms with van der Waals surface area (Å²) in [6.07, 6.45) is 5.13. The number of hydrogen-bond acceptors (Lipinski definition) is 5. The topological polar surface area (TPSA) is 58.3 Å². The summed E-state index contributed by atoms with van der Waals surface area (Å²) in [6, 6.07) is 0. The second-order valence-corrected chi connectivity index (χ2v) is 6.41. The predicted octanol–water partition coefficient (Wildman–Crippen LogP) is 1.07. The van der Waals surface area contributed by atoms with Crippen molar-refractivity contribution in [1.82, 2.24) is 14.9 Å². The van der Waals surface area contributed by atoms with Crippen LogP contribution >= 0.6 is 0 Å². The number of rotatable bonds is 4. The Hall–Kier alpha value is -1.20. The molecule has 106 valence electrons. The average Bonchev–Trinajstić information content (AvgIpc) is 2.74. The van der Waals surface area contributed by atoms with Gasteiger partial charge in [0, 0.05) is 44.0 Å². The highest BCUT2D eigenvalue weighted by Crippen LogP contribution is 2.25. The summed E-state index contributed by atoms with van der Waals surface area (Å²) in [5.74, 6) is 1.32. The summed E-state index contributed by atoms with van der Waals surface area (Å²) in [5.41, 5.74) is 7.01. The Morgan fingerprint density at radius 2 is 2.05 bits per heavy atom. The normalized spacial score (nSPS) is 20.8. The van der Waals surface area contributed by atoms with Gasteiger partial charge in [-0.2, -0.15) is 0 Å². The third-order valence-corrected chi connectivity index (χ3v) is 3.51. The molecular weight excluding hydrogens is 238 g/mol. The van der Waals surface area contributed by atoms with E-state index in [4.69, 9.17) is 5.73 Å². The van der Waals surface area contributed by atoms with Gasteiger partial charge in [0.15, 0.2) is 0 Å². The van der Waals surface area contributed by atoms with Gasteiger partial charge in [0.2, 0.25) is 5.95 Å². The minimum absolute atomic E-state index is 0.245. The van der Waals surface area contributed by atoms with Gasteiger partial charge in [0.05, 0.1) is 0 Å². The number of likely N-dealkylation sites (tertiary alicyclic amines) is 1. The zero-order valence-electron chi connectivity index (χ0n) is 12.4. The molecule has 1 fully saturated rings. The third kappa shape index (κ3) is 3.88. The fourth-order valence-corrected chi connectivity index (χ4v) is 2.63. The number of anilines is 1. The van der Waals surface area contributed by atoms with Crippen molar-refractivity contribution in [2.24, 2.45) is 5.73 Å². The molecule has 19 heavy (non-hydrogen) atoms. The van der Waals surface area contributed by atoms with Crippen LogP contribution in [0.4, 0.5) is 5.95 Å². The standard InChI is InChI=1S/C14H25N5/c1-14(2,15)10-19(4)13-16-7-12(8-17-13)11-5-6-18(3)9-11/h7-8,11H,5-6,9-10,15H2,1-4H3. The summed E-state index contributed by atoms with van der Waals surface area (Å²) in [5, 5.41) is 0. The van der Waals surface area contributed by atoms with Crippen LogP contribution in [0.2, 0.25) is 0 Å². The number of nitrogens with two attached hydrogens (primary N) is 1. The molecule has 2 rings (SSSR count). The lowest BCUT2D eigenvalue weighted by molar-refractivity contribution is 0.411. The molecule has 0 saturated carbocycles. The van der Waals surface area contributed by atoms with Crippen molar-refractivity contribution in [2.75, 3.05) is 38.6 Å². The fraction of sp³-hybridized carbons (Fsp3) is 0.714. The van der Waals surface area contributed by atoms with Crippen molar-refractivity contribution in [3.8, 4) is 0 Å². The van der Waals surface area contributed by atoms with Crippen molar-refractivity contribution in [3.63, 3.8) is 0 Å². The molecule has 0 aromatic carbocycles. The maximum absolute atomic E-state index is 6.02. The van der Waals surface area contributed by atoms with Crippen molar-refractivity contribution >= 4 is 5.95 Å². The molecule has 0 amide bonds. The summed E-state index contributed by atoms with van der Waals surface area (Å²) in [6.45, 7) is 7.01. The second-order valence-electron chi connectivity index (χ2n) is 6.41. The first-order valence-electron chi connectivity index (χ1n) is 6.86. The van der Waals surface area contributed by atoms with Crippen LogP contribution in [0.5, 0.6) is 0 Å². The van der Waals surface area contributed by atoms with E-state index in [9.17, 15) is 0 Å². The average molecular weight is 263 g/mol. The Bertz CT molecular complexity index is 409. The van der Waals surface area contributed by atoms with Crippen molar-refractivity contribution in [3.05, 3.63) is 18.0 Å². The zero-order chi connectivity index (χ0) is 14.0. The fourth-order valence-electron chi connectivity index (χ4n) is 2.63. The SMILES string of the molecule is CN1CCC(c2cnc(N(C)CC(C)(C)N)nc2)C1. The molecule has 1 aromatic rings. The minimum Gasteiger partial charge on any atom is -0.342 e. The number of hydrogen-bond donors (Lipinski definition) is 1. The van der Waals surface area contributed by atoms with Gasteiger partial charge in [-0.3, -0.25) is 0 Å². The molecular formula is C14H25N5. The Morgan fingerprint density at radius 1 is 1.42 bits per heavy atom. The van der Waals surface area contributed by atoms with E-state index in [-0.39, 0.29) is 5.54 Å². The highest BCUT2D eigenvalue weighted by molar-refractivity contribution is 5.30. The van der Waals surface area contributed by atoms with Crippen LogP contribution in [-0.4, -0.2) is 54.1 Å². The molecule has 0 aliphatic carbocycles. The van der Waals surface area contributed by atoms with E-state index in [1.165, 1.54) is 12.0 Å². The zero-order valence-corrected chi connectivity index (χ0v) is 12.4. The number of nitrogens with zero attached hydrogens (tertiary/aromatic N) is 4. The first-order chi connectivity index (χ1) is 8.85. The summed E-state index contributed by atoms with van der Waals surface area (Å²) < 4.78 is 0. The molecule has 0 spiro atoms. The Kier molecular flexibility index (Phi) is 4.06. The molecule has 2 N–H and O–H groups in total. The van der Waals surface area contributed by atoms with Crippen LogP contribution in [0.15, 0.2) is 12.4 Å². The molecule has 1 aromatic heterocycles. The number of aromatic nitrogens is 2. The van der Waals surface area contributed by atoms with E-state index in [2.05, 4.69) is 21.9 Å². The molecule has 5 nitrogen and oxygen atoms in total. The monoisotopic (exact) mass is 263 g/mol. The highest BCUT2D eigenvalue weighted by Gasteiger charge is 2.22. The molecule has 5 heteroatoms. The van der Waals surface area contributed by atoms with Gasteiger partial charge in [-0.25, -0.2) is 9.97 Å². The van der Waals surface area contributed by atoms with Crippen molar-refractivity contribution in [1.29, 1.82) is 0 Å². The molecule has 0 bridgehead atoms. The molecule has 1 saturated heterocycles. The predicted molar refractivity (Wildman–Crippen MR) is 78.4 cm³/mol. The molecule has 2 heterocycles. The van der Waals surface area contributed by atoms with Crippen molar-refractivity contribution in [2.45, 2.75) is 31.7 Å². The minimum atomic E-state index is -0.245. The lowest BCUT2D eigenvalue weighted by Gasteiger charge is -2.26. The van der Waals surface area contributed by atoms with E-state index in [0.29, 0.717) is 5.92 Å².